The van der Waals surface area contributed by atoms with E-state index in [4.69, 9.17) is 23.3 Å². The van der Waals surface area contributed by atoms with E-state index in [1.165, 1.54) is 18.3 Å². The molecule has 0 aliphatic carbocycles. The lowest BCUT2D eigenvalue weighted by Gasteiger charge is -2.26. The Labute approximate surface area is 407 Å². The Kier molecular flexibility index (Phi) is 21.8. The molecule has 0 saturated carbocycles. The largest absolute Gasteiger partial charge is 0.481 e. The first kappa shape index (κ1) is 56.9. The predicted molar refractivity (Wildman–Crippen MR) is 249 cm³/mol. The van der Waals surface area contributed by atoms with Crippen LogP contribution >= 0.6 is 0 Å². The van der Waals surface area contributed by atoms with Gasteiger partial charge in [-0.15, -0.1) is 12.3 Å². The molecule has 0 aliphatic rings. The van der Waals surface area contributed by atoms with Gasteiger partial charge in [-0.25, -0.2) is 14.8 Å². The summed E-state index contributed by atoms with van der Waals surface area (Å²) in [6, 6.07) is -3.68. The number of aromatic amines is 1. The van der Waals surface area contributed by atoms with Crippen LogP contribution in [0.2, 0.25) is 0 Å². The van der Waals surface area contributed by atoms with Crippen LogP contribution in [0.15, 0.2) is 35.3 Å². The van der Waals surface area contributed by atoms with Crippen molar-refractivity contribution in [3.05, 3.63) is 52.1 Å². The molecule has 18 N–H and O–H groups in total. The van der Waals surface area contributed by atoms with Crippen molar-refractivity contribution in [1.82, 2.24) is 57.2 Å². The SMILES string of the molecule is C#CC[C@H](NC(=O)[C@H](CC(=O)O)NC(=O)[C@H](CC(=O)O)NC(=O)[C@H](CCCNC(=N)N)NC(=O)[C@H](CC(=O)O)NC(=O)CC[C@@H](C)NC(=O)c1ccc(NCc2cnc3nc(N)[nH]c(=O)c3n2)cc1)C(=O)O. The van der Waals surface area contributed by atoms with Crippen LogP contribution in [0.4, 0.5) is 11.6 Å². The standard InChI is InChI=1S/C42H53N15O15/c1-3-5-24(40(71)72)53-37(68)26(15-30(61)62)55-38(69)27(16-31(63)64)54-35(66)23(6-4-13-46-41(43)44)52-36(67)25(14-29(59)60)51-28(58)12-7-19(2)49-34(65)20-8-10-21(11-9-20)47-17-22-18-48-33-32(50-22)39(70)57-42(45)56-33/h1,8-11,18-19,23-27,47H,4-7,12-17H2,2H3,(H,49,65)(H,51,58)(H,52,67)(H,53,68)(H,54,66)(H,55,69)(H,59,60)(H,61,62)(H,63,64)(H,71,72)(H4,43,44,46)(H3,45,48,56,57,70)/t19-,23+,24+,25+,26+,27+/m1/s1. The Morgan fingerprint density at radius 3 is 1.81 bits per heavy atom. The summed E-state index contributed by atoms with van der Waals surface area (Å²) in [6.07, 6.45) is 1.97. The lowest BCUT2D eigenvalue weighted by molar-refractivity contribution is -0.145. The summed E-state index contributed by atoms with van der Waals surface area (Å²) in [6.45, 7) is 1.68. The number of nitrogens with zero attached hydrogens (tertiary/aromatic N) is 3. The van der Waals surface area contributed by atoms with Crippen LogP contribution < -0.4 is 59.6 Å². The van der Waals surface area contributed by atoms with Crippen LogP contribution in [-0.2, 0) is 49.7 Å². The topological polar surface area (TPSA) is 495 Å². The second kappa shape index (κ2) is 27.5. The second-order valence-corrected chi connectivity index (χ2v) is 15.7. The van der Waals surface area contributed by atoms with E-state index in [1.54, 1.807) is 19.1 Å². The van der Waals surface area contributed by atoms with E-state index < -0.39 is 133 Å². The number of H-pyrrole nitrogens is 1. The second-order valence-electron chi connectivity index (χ2n) is 15.7. The summed E-state index contributed by atoms with van der Waals surface area (Å²) >= 11 is 0. The summed E-state index contributed by atoms with van der Waals surface area (Å²) < 4.78 is 0. The van der Waals surface area contributed by atoms with Gasteiger partial charge in [-0.1, -0.05) is 0 Å². The molecule has 6 amide bonds. The normalized spacial score (nSPS) is 13.2. The maximum absolute atomic E-state index is 13.7. The van der Waals surface area contributed by atoms with E-state index in [-0.39, 0.29) is 61.4 Å². The molecule has 72 heavy (non-hydrogen) atoms. The lowest BCUT2D eigenvalue weighted by Crippen LogP contribution is -2.59. The number of carboxylic acid groups (broad SMARTS) is 4. The highest BCUT2D eigenvalue weighted by atomic mass is 16.4. The zero-order valence-electron chi connectivity index (χ0n) is 38.3. The summed E-state index contributed by atoms with van der Waals surface area (Å²) in [5.74, 6) is -11.6. The molecule has 3 aromatic rings. The third-order valence-corrected chi connectivity index (χ3v) is 9.90. The van der Waals surface area contributed by atoms with Crippen LogP contribution in [0.5, 0.6) is 0 Å². The average Bonchev–Trinajstić information content (AvgIpc) is 3.29. The smallest absolute Gasteiger partial charge is 0.327 e. The highest BCUT2D eigenvalue weighted by molar-refractivity contribution is 5.99. The Morgan fingerprint density at radius 1 is 0.750 bits per heavy atom. The van der Waals surface area contributed by atoms with Crippen LogP contribution in [0.25, 0.3) is 11.2 Å². The first-order valence-electron chi connectivity index (χ1n) is 21.5. The van der Waals surface area contributed by atoms with Crippen molar-refractivity contribution in [3.8, 4) is 12.3 Å². The first-order chi connectivity index (χ1) is 33.9. The van der Waals surface area contributed by atoms with Crippen molar-refractivity contribution in [3.63, 3.8) is 0 Å². The van der Waals surface area contributed by atoms with Gasteiger partial charge in [0, 0.05) is 36.7 Å². The number of aromatic nitrogens is 4. The Bertz CT molecular complexity index is 2640. The molecule has 30 nitrogen and oxygen atoms in total. The van der Waals surface area contributed by atoms with Crippen LogP contribution in [-0.4, -0.2) is 148 Å². The molecule has 0 saturated heterocycles. The highest BCUT2D eigenvalue weighted by Gasteiger charge is 2.34. The molecule has 2 aromatic heterocycles. The Morgan fingerprint density at radius 2 is 1.28 bits per heavy atom. The number of hydrogen-bond acceptors (Lipinski definition) is 17. The van der Waals surface area contributed by atoms with Gasteiger partial charge in [0.25, 0.3) is 11.5 Å². The number of fused-ring (bicyclic) bond motifs is 1. The van der Waals surface area contributed by atoms with Gasteiger partial charge in [0.15, 0.2) is 17.1 Å². The number of aliphatic carboxylic acids is 4. The zero-order chi connectivity index (χ0) is 53.7. The van der Waals surface area contributed by atoms with Crippen LogP contribution in [0.1, 0.15) is 74.3 Å². The molecule has 1 aromatic carbocycles. The van der Waals surface area contributed by atoms with Crippen LogP contribution in [0.3, 0.4) is 0 Å². The monoisotopic (exact) mass is 1010 g/mol. The van der Waals surface area contributed by atoms with Gasteiger partial charge in [-0.3, -0.25) is 58.3 Å². The number of anilines is 2. The molecule has 0 fully saturated rings. The number of benzene rings is 1. The molecule has 30 heteroatoms. The Balaban J connectivity index is 1.66. The number of guanidine groups is 1. The van der Waals surface area contributed by atoms with Crippen molar-refractivity contribution < 1.29 is 68.4 Å². The van der Waals surface area contributed by atoms with Gasteiger partial charge in [0.1, 0.15) is 30.2 Å². The first-order valence-corrected chi connectivity index (χ1v) is 21.5. The molecule has 6 atom stereocenters. The quantitative estimate of drug-likeness (QED) is 0.0136. The minimum absolute atomic E-state index is 0.00238. The van der Waals surface area contributed by atoms with Crippen molar-refractivity contribution >= 4 is 88.1 Å². The molecule has 3 rings (SSSR count). The van der Waals surface area contributed by atoms with Crippen molar-refractivity contribution in [1.29, 1.82) is 5.41 Å². The minimum atomic E-state index is -2.07. The third-order valence-electron chi connectivity index (χ3n) is 9.90. The van der Waals surface area contributed by atoms with Crippen LogP contribution in [0, 0.1) is 17.8 Å². The zero-order valence-corrected chi connectivity index (χ0v) is 38.3. The molecule has 2 heterocycles. The van der Waals surface area contributed by atoms with Crippen molar-refractivity contribution in [2.45, 2.75) is 101 Å². The van der Waals surface area contributed by atoms with E-state index in [0.717, 1.165) is 0 Å². The van der Waals surface area contributed by atoms with E-state index in [9.17, 15) is 73.2 Å². The molecule has 0 unspecified atom stereocenters. The number of carboxylic acids is 4. The number of nitrogen functional groups attached to an aromatic ring is 1. The van der Waals surface area contributed by atoms with Gasteiger partial charge >= 0.3 is 23.9 Å². The molecular weight excluding hydrogens is 955 g/mol. The average molecular weight is 1010 g/mol. The van der Waals surface area contributed by atoms with Gasteiger partial charge in [0.05, 0.1) is 37.7 Å². The fourth-order valence-corrected chi connectivity index (χ4v) is 6.34. The minimum Gasteiger partial charge on any atom is -0.481 e. The highest BCUT2D eigenvalue weighted by Crippen LogP contribution is 2.13. The fourth-order valence-electron chi connectivity index (χ4n) is 6.34. The molecular formula is C42H53N15O15. The van der Waals surface area contributed by atoms with E-state index in [1.807, 2.05) is 16.6 Å². The predicted octanol–water partition coefficient (Wildman–Crippen LogP) is -3.97. The number of terminal acetylenes is 1. The Hall–Kier alpha value is -9.43. The maximum atomic E-state index is 13.7. The lowest BCUT2D eigenvalue weighted by atomic mass is 10.1. The number of nitrogens with two attached hydrogens (primary N) is 2. The summed E-state index contributed by atoms with van der Waals surface area (Å²) in [4.78, 5) is 153. The van der Waals surface area contributed by atoms with Gasteiger partial charge < -0.3 is 74.4 Å². The number of carbonyl (C=O) groups excluding carboxylic acids is 6. The van der Waals surface area contributed by atoms with Crippen molar-refractivity contribution in [2.24, 2.45) is 5.73 Å². The summed E-state index contributed by atoms with van der Waals surface area (Å²) in [7, 11) is 0. The number of rotatable bonds is 29. The number of nitrogens with one attached hydrogen (secondary N) is 10. The summed E-state index contributed by atoms with van der Waals surface area (Å²) in [5.41, 5.74) is 11.6. The maximum Gasteiger partial charge on any atom is 0.327 e. The molecule has 0 spiro atoms. The fraction of sp³-hybridized carbons (Fsp3) is 0.405. The summed E-state index contributed by atoms with van der Waals surface area (Å²) in [5, 5.41) is 64.0. The van der Waals surface area contributed by atoms with Gasteiger partial charge in [-0.2, -0.15) is 4.98 Å². The van der Waals surface area contributed by atoms with E-state index in [2.05, 4.69) is 51.8 Å². The van der Waals surface area contributed by atoms with E-state index in [0.29, 0.717) is 11.4 Å². The van der Waals surface area contributed by atoms with E-state index >= 15 is 0 Å². The number of carbonyl (C=O) groups is 10. The molecule has 386 valence electrons. The van der Waals surface area contributed by atoms with Gasteiger partial charge in [-0.05, 0) is 50.5 Å². The molecule has 0 aliphatic heterocycles. The van der Waals surface area contributed by atoms with Gasteiger partial charge in [0.2, 0.25) is 35.5 Å². The van der Waals surface area contributed by atoms with Crippen molar-refractivity contribution in [2.75, 3.05) is 17.6 Å². The number of amides is 6. The third kappa shape index (κ3) is 19.3. The number of hydrogen-bond donors (Lipinski definition) is 16. The molecule has 0 bridgehead atoms. The molecule has 0 radical (unpaired) electrons.